The minimum absolute atomic E-state index is 0.416. The van der Waals surface area contributed by atoms with E-state index in [2.05, 4.69) is 30.2 Å². The maximum Gasteiger partial charge on any atom is 0.142 e. The number of aromatic nitrogens is 2. The summed E-state index contributed by atoms with van der Waals surface area (Å²) in [6, 6.07) is 2.60. The molecule has 1 unspecified atom stereocenters. The van der Waals surface area contributed by atoms with Crippen LogP contribution in [0.4, 0.5) is 0 Å². The molecule has 1 atom stereocenters. The Kier molecular flexibility index (Phi) is 3.37. The van der Waals surface area contributed by atoms with Crippen molar-refractivity contribution in [3.8, 4) is 10.7 Å². The number of hydrogen-bond donors (Lipinski definition) is 1. The van der Waals surface area contributed by atoms with Gasteiger partial charge in [-0.25, -0.2) is 4.98 Å². The molecule has 100 valence electrons. The van der Waals surface area contributed by atoms with Gasteiger partial charge in [0.05, 0.1) is 11.7 Å². The molecule has 0 amide bonds. The molecule has 0 saturated carbocycles. The fourth-order valence-corrected chi connectivity index (χ4v) is 3.97. The van der Waals surface area contributed by atoms with Gasteiger partial charge in [-0.1, -0.05) is 6.07 Å². The van der Waals surface area contributed by atoms with Crippen molar-refractivity contribution in [3.05, 3.63) is 34.0 Å². The zero-order valence-corrected chi connectivity index (χ0v) is 12.5. The first-order valence-corrected chi connectivity index (χ1v) is 7.61. The molecule has 0 radical (unpaired) electrons. The Morgan fingerprint density at radius 1 is 1.37 bits per heavy atom. The van der Waals surface area contributed by atoms with Crippen LogP contribution in [0.15, 0.2) is 12.3 Å². The van der Waals surface area contributed by atoms with Gasteiger partial charge in [0.2, 0.25) is 0 Å². The average Bonchev–Trinajstić information content (AvgIpc) is 2.81. The molecular formula is C15H19N3S. The normalized spacial score (nSPS) is 18.4. The van der Waals surface area contributed by atoms with Crippen molar-refractivity contribution in [3.63, 3.8) is 0 Å². The molecule has 2 heterocycles. The summed E-state index contributed by atoms with van der Waals surface area (Å²) in [6.45, 7) is 4.19. The van der Waals surface area contributed by atoms with Crippen molar-refractivity contribution in [2.24, 2.45) is 0 Å². The van der Waals surface area contributed by atoms with Crippen molar-refractivity contribution >= 4 is 11.3 Å². The number of aryl methyl sites for hydroxylation is 3. The molecular weight excluding hydrogens is 254 g/mol. The van der Waals surface area contributed by atoms with Gasteiger partial charge in [-0.3, -0.25) is 4.98 Å². The van der Waals surface area contributed by atoms with Crippen LogP contribution in [-0.4, -0.2) is 17.0 Å². The van der Waals surface area contributed by atoms with E-state index in [1.165, 1.54) is 34.5 Å². The van der Waals surface area contributed by atoms with Gasteiger partial charge in [-0.2, -0.15) is 0 Å². The summed E-state index contributed by atoms with van der Waals surface area (Å²) < 4.78 is 0. The summed E-state index contributed by atoms with van der Waals surface area (Å²) in [5, 5.41) is 4.45. The van der Waals surface area contributed by atoms with Crippen molar-refractivity contribution in [1.82, 2.24) is 15.3 Å². The lowest BCUT2D eigenvalue weighted by Crippen LogP contribution is -2.21. The average molecular weight is 273 g/mol. The van der Waals surface area contributed by atoms with Gasteiger partial charge in [0.25, 0.3) is 0 Å². The minimum atomic E-state index is 0.416. The molecule has 0 spiro atoms. The highest BCUT2D eigenvalue weighted by Crippen LogP contribution is 2.37. The molecule has 0 saturated heterocycles. The molecule has 3 nitrogen and oxygen atoms in total. The summed E-state index contributed by atoms with van der Waals surface area (Å²) >= 11 is 1.81. The molecule has 2 aromatic heterocycles. The Balaban J connectivity index is 2.05. The van der Waals surface area contributed by atoms with E-state index in [0.717, 1.165) is 17.1 Å². The van der Waals surface area contributed by atoms with E-state index in [0.29, 0.717) is 6.04 Å². The first-order chi connectivity index (χ1) is 9.19. The molecule has 0 fully saturated rings. The monoisotopic (exact) mass is 273 g/mol. The molecule has 0 aromatic carbocycles. The number of nitrogens with one attached hydrogen (secondary N) is 1. The standard InChI is InChI=1S/C15H19N3S/c1-9-7-10(2)13(17-8-9)15-18-14-11(16-3)5-4-6-12(14)19-15/h7-8,11,16H,4-6H2,1-3H3. The lowest BCUT2D eigenvalue weighted by atomic mass is 9.98. The summed E-state index contributed by atoms with van der Waals surface area (Å²) in [7, 11) is 2.02. The molecule has 0 aliphatic heterocycles. The maximum absolute atomic E-state index is 4.86. The highest BCUT2D eigenvalue weighted by Gasteiger charge is 2.24. The van der Waals surface area contributed by atoms with Gasteiger partial charge >= 0.3 is 0 Å². The van der Waals surface area contributed by atoms with Gasteiger partial charge in [-0.15, -0.1) is 11.3 Å². The SMILES string of the molecule is CNC1CCCc2sc(-c3ncc(C)cc3C)nc21. The number of nitrogens with zero attached hydrogens (tertiary/aromatic N) is 2. The minimum Gasteiger partial charge on any atom is -0.312 e. The van der Waals surface area contributed by atoms with E-state index >= 15 is 0 Å². The number of rotatable bonds is 2. The van der Waals surface area contributed by atoms with Crippen LogP contribution in [0.3, 0.4) is 0 Å². The lowest BCUT2D eigenvalue weighted by molar-refractivity contribution is 0.490. The third-order valence-electron chi connectivity index (χ3n) is 3.72. The van der Waals surface area contributed by atoms with Gasteiger partial charge in [0.1, 0.15) is 10.7 Å². The zero-order chi connectivity index (χ0) is 13.4. The van der Waals surface area contributed by atoms with Crippen LogP contribution >= 0.6 is 11.3 Å². The molecule has 4 heteroatoms. The van der Waals surface area contributed by atoms with Crippen LogP contribution < -0.4 is 5.32 Å². The molecule has 19 heavy (non-hydrogen) atoms. The van der Waals surface area contributed by atoms with Crippen molar-refractivity contribution in [2.45, 2.75) is 39.2 Å². The number of pyridine rings is 1. The van der Waals surface area contributed by atoms with Crippen molar-refractivity contribution in [1.29, 1.82) is 0 Å². The lowest BCUT2D eigenvalue weighted by Gasteiger charge is -2.19. The fraction of sp³-hybridized carbons (Fsp3) is 0.467. The Morgan fingerprint density at radius 2 is 2.21 bits per heavy atom. The van der Waals surface area contributed by atoms with Crippen LogP contribution in [0.5, 0.6) is 0 Å². The summed E-state index contributed by atoms with van der Waals surface area (Å²) in [6.07, 6.45) is 5.53. The molecule has 0 bridgehead atoms. The Labute approximate surface area is 118 Å². The number of fused-ring (bicyclic) bond motifs is 1. The van der Waals surface area contributed by atoms with Gasteiger partial charge in [-0.05, 0) is 51.3 Å². The van der Waals surface area contributed by atoms with E-state index < -0.39 is 0 Å². The Bertz CT molecular complexity index is 603. The third kappa shape index (κ3) is 2.30. The van der Waals surface area contributed by atoms with Crippen molar-refractivity contribution in [2.75, 3.05) is 7.05 Å². The van der Waals surface area contributed by atoms with E-state index in [1.807, 2.05) is 24.6 Å². The van der Waals surface area contributed by atoms with Crippen LogP contribution in [0, 0.1) is 13.8 Å². The quantitative estimate of drug-likeness (QED) is 0.911. The molecule has 3 rings (SSSR count). The predicted molar refractivity (Wildman–Crippen MR) is 79.6 cm³/mol. The smallest absolute Gasteiger partial charge is 0.142 e. The van der Waals surface area contributed by atoms with E-state index in [9.17, 15) is 0 Å². The van der Waals surface area contributed by atoms with Gasteiger partial charge < -0.3 is 5.32 Å². The Morgan fingerprint density at radius 3 is 2.95 bits per heavy atom. The maximum atomic E-state index is 4.86. The highest BCUT2D eigenvalue weighted by atomic mass is 32.1. The van der Waals surface area contributed by atoms with Crippen LogP contribution in [0.1, 0.15) is 40.6 Å². The topological polar surface area (TPSA) is 37.8 Å². The van der Waals surface area contributed by atoms with Crippen LogP contribution in [0.25, 0.3) is 10.7 Å². The third-order valence-corrected chi connectivity index (χ3v) is 4.86. The Hall–Kier alpha value is -1.26. The zero-order valence-electron chi connectivity index (χ0n) is 11.7. The molecule has 1 aliphatic carbocycles. The van der Waals surface area contributed by atoms with Crippen LogP contribution in [-0.2, 0) is 6.42 Å². The summed E-state index contributed by atoms with van der Waals surface area (Å²) in [5.74, 6) is 0. The first kappa shape index (κ1) is 12.8. The molecule has 1 N–H and O–H groups in total. The number of hydrogen-bond acceptors (Lipinski definition) is 4. The fourth-order valence-electron chi connectivity index (χ4n) is 2.74. The van der Waals surface area contributed by atoms with Gasteiger partial charge in [0.15, 0.2) is 0 Å². The largest absolute Gasteiger partial charge is 0.312 e. The van der Waals surface area contributed by atoms with E-state index in [1.54, 1.807) is 0 Å². The van der Waals surface area contributed by atoms with Crippen molar-refractivity contribution < 1.29 is 0 Å². The molecule has 1 aliphatic rings. The second-order valence-electron chi connectivity index (χ2n) is 5.24. The second kappa shape index (κ2) is 5.02. The second-order valence-corrected chi connectivity index (χ2v) is 6.32. The summed E-state index contributed by atoms with van der Waals surface area (Å²) in [4.78, 5) is 10.9. The molecule has 2 aromatic rings. The first-order valence-electron chi connectivity index (χ1n) is 6.79. The van der Waals surface area contributed by atoms with E-state index in [4.69, 9.17) is 4.98 Å². The van der Waals surface area contributed by atoms with Crippen LogP contribution in [0.2, 0.25) is 0 Å². The highest BCUT2D eigenvalue weighted by molar-refractivity contribution is 7.15. The number of thiazole rings is 1. The predicted octanol–water partition coefficient (Wildman–Crippen LogP) is 3.42. The van der Waals surface area contributed by atoms with Gasteiger partial charge in [0, 0.05) is 11.1 Å². The van der Waals surface area contributed by atoms with E-state index in [-0.39, 0.29) is 0 Å². The summed E-state index contributed by atoms with van der Waals surface area (Å²) in [5.41, 5.74) is 4.71.